The lowest BCUT2D eigenvalue weighted by Gasteiger charge is -2.09. The van der Waals surface area contributed by atoms with Crippen LogP contribution in [0, 0.1) is 30.9 Å². The van der Waals surface area contributed by atoms with Gasteiger partial charge in [-0.3, -0.25) is 14.9 Å². The maximum absolute atomic E-state index is 12.2. The molecule has 1 aromatic heterocycles. The molecular weight excluding hydrogens is 388 g/mol. The van der Waals surface area contributed by atoms with E-state index in [4.69, 9.17) is 4.74 Å². The Hall–Kier alpha value is -4.01. The zero-order valence-corrected chi connectivity index (χ0v) is 16.7. The third kappa shape index (κ3) is 4.69. The van der Waals surface area contributed by atoms with Gasteiger partial charge < -0.3 is 15.0 Å². The van der Waals surface area contributed by atoms with Crippen molar-refractivity contribution >= 4 is 23.3 Å². The van der Waals surface area contributed by atoms with Gasteiger partial charge in [-0.25, -0.2) is 9.78 Å². The number of imidazole rings is 1. The summed E-state index contributed by atoms with van der Waals surface area (Å²) in [6.45, 7) is 5.02. The Balaban J connectivity index is 1.59. The summed E-state index contributed by atoms with van der Waals surface area (Å²) in [7, 11) is 0. The predicted octanol–water partition coefficient (Wildman–Crippen LogP) is 3.71. The Labute approximate surface area is 172 Å². The average molecular weight is 408 g/mol. The number of aryl methyl sites for hydroxylation is 3. The monoisotopic (exact) mass is 408 g/mol. The van der Waals surface area contributed by atoms with Crippen molar-refractivity contribution in [3.05, 3.63) is 75.1 Å². The third-order valence-electron chi connectivity index (χ3n) is 4.56. The fourth-order valence-electron chi connectivity index (χ4n) is 2.71. The molecule has 9 heteroatoms. The second-order valence-corrected chi connectivity index (χ2v) is 6.75. The first-order valence-corrected chi connectivity index (χ1v) is 9.10. The van der Waals surface area contributed by atoms with Crippen LogP contribution in [0.5, 0.6) is 0 Å². The van der Waals surface area contributed by atoms with Gasteiger partial charge in [-0.15, -0.1) is 0 Å². The highest BCUT2D eigenvalue weighted by Gasteiger charge is 2.14. The largest absolute Gasteiger partial charge is 0.452 e. The number of anilines is 1. The minimum Gasteiger partial charge on any atom is -0.452 e. The van der Waals surface area contributed by atoms with E-state index in [1.807, 2.05) is 13.8 Å². The van der Waals surface area contributed by atoms with Gasteiger partial charge in [0.2, 0.25) is 0 Å². The average Bonchev–Trinajstić information content (AvgIpc) is 3.06. The van der Waals surface area contributed by atoms with E-state index in [0.29, 0.717) is 17.1 Å². The topological polar surface area (TPSA) is 127 Å². The number of non-ortho nitro benzene ring substituents is 1. The smallest absolute Gasteiger partial charge is 0.338 e. The minimum atomic E-state index is -0.653. The molecule has 1 heterocycles. The highest BCUT2D eigenvalue weighted by atomic mass is 16.6. The summed E-state index contributed by atoms with van der Waals surface area (Å²) in [4.78, 5) is 42.2. The second-order valence-electron chi connectivity index (χ2n) is 6.75. The number of rotatable bonds is 6. The molecule has 2 N–H and O–H groups in total. The van der Waals surface area contributed by atoms with Gasteiger partial charge in [-0.05, 0) is 38.5 Å². The molecule has 9 nitrogen and oxygen atoms in total. The highest BCUT2D eigenvalue weighted by Crippen LogP contribution is 2.22. The Bertz CT molecular complexity index is 1100. The molecule has 0 aliphatic rings. The lowest BCUT2D eigenvalue weighted by Crippen LogP contribution is -2.21. The number of carbonyl (C=O) groups excluding carboxylic acids is 2. The van der Waals surface area contributed by atoms with E-state index in [9.17, 15) is 19.7 Å². The highest BCUT2D eigenvalue weighted by molar-refractivity contribution is 5.96. The molecule has 0 unspecified atom stereocenters. The lowest BCUT2D eigenvalue weighted by molar-refractivity contribution is -0.384. The Kier molecular flexibility index (Phi) is 5.91. The lowest BCUT2D eigenvalue weighted by atomic mass is 10.1. The Morgan fingerprint density at radius 1 is 1.13 bits per heavy atom. The summed E-state index contributed by atoms with van der Waals surface area (Å²) in [5.41, 5.74) is 3.78. The van der Waals surface area contributed by atoms with Crippen molar-refractivity contribution in [2.45, 2.75) is 20.8 Å². The van der Waals surface area contributed by atoms with Crippen LogP contribution in [-0.4, -0.2) is 33.4 Å². The van der Waals surface area contributed by atoms with Gasteiger partial charge in [0.15, 0.2) is 6.61 Å². The molecule has 0 saturated carbocycles. The molecule has 0 spiro atoms. The van der Waals surface area contributed by atoms with E-state index in [2.05, 4.69) is 15.3 Å². The summed E-state index contributed by atoms with van der Waals surface area (Å²) in [5.74, 6) is -0.541. The van der Waals surface area contributed by atoms with E-state index >= 15 is 0 Å². The van der Waals surface area contributed by atoms with Crippen LogP contribution in [0.4, 0.5) is 11.4 Å². The molecule has 2 aromatic carbocycles. The van der Waals surface area contributed by atoms with Crippen LogP contribution >= 0.6 is 0 Å². The molecule has 30 heavy (non-hydrogen) atoms. The van der Waals surface area contributed by atoms with Crippen molar-refractivity contribution < 1.29 is 19.2 Å². The normalized spacial score (nSPS) is 10.5. The summed E-state index contributed by atoms with van der Waals surface area (Å²) >= 11 is 0. The number of carbonyl (C=O) groups is 2. The van der Waals surface area contributed by atoms with Gasteiger partial charge in [0.05, 0.1) is 21.9 Å². The van der Waals surface area contributed by atoms with Gasteiger partial charge in [0.1, 0.15) is 5.82 Å². The molecule has 0 aliphatic carbocycles. The molecule has 0 radical (unpaired) electrons. The van der Waals surface area contributed by atoms with Gasteiger partial charge in [-0.1, -0.05) is 18.2 Å². The Morgan fingerprint density at radius 3 is 2.43 bits per heavy atom. The zero-order chi connectivity index (χ0) is 21.8. The van der Waals surface area contributed by atoms with Crippen molar-refractivity contribution in [1.29, 1.82) is 0 Å². The van der Waals surface area contributed by atoms with Crippen LogP contribution in [0.2, 0.25) is 0 Å². The third-order valence-corrected chi connectivity index (χ3v) is 4.56. The fourth-order valence-corrected chi connectivity index (χ4v) is 2.71. The summed E-state index contributed by atoms with van der Waals surface area (Å²) in [6.07, 6.45) is 0. The molecule has 3 aromatic rings. The minimum absolute atomic E-state index is 0.144. The fraction of sp³-hybridized carbons (Fsp3) is 0.190. The first-order chi connectivity index (χ1) is 14.2. The molecule has 0 atom stereocenters. The van der Waals surface area contributed by atoms with Crippen LogP contribution in [0.25, 0.3) is 11.4 Å². The van der Waals surface area contributed by atoms with Crippen LogP contribution in [-0.2, 0) is 9.53 Å². The first-order valence-electron chi connectivity index (χ1n) is 9.10. The number of nitrogens with one attached hydrogen (secondary N) is 2. The number of hydrogen-bond acceptors (Lipinski definition) is 6. The number of benzene rings is 2. The van der Waals surface area contributed by atoms with Crippen molar-refractivity contribution in [2.75, 3.05) is 11.9 Å². The number of esters is 1. The number of nitro groups is 1. The number of nitrogens with zero attached hydrogens (tertiary/aromatic N) is 2. The van der Waals surface area contributed by atoms with Gasteiger partial charge in [0.25, 0.3) is 11.6 Å². The molecule has 0 bridgehead atoms. The molecule has 0 saturated heterocycles. The number of aromatic amines is 1. The molecule has 0 fully saturated rings. The van der Waals surface area contributed by atoms with E-state index in [1.54, 1.807) is 31.2 Å². The molecular formula is C21H20N4O5. The maximum atomic E-state index is 12.2. The van der Waals surface area contributed by atoms with Gasteiger partial charge >= 0.3 is 5.97 Å². The maximum Gasteiger partial charge on any atom is 0.338 e. The molecule has 3 rings (SSSR count). The number of hydrogen-bond donors (Lipinski definition) is 2. The summed E-state index contributed by atoms with van der Waals surface area (Å²) in [6, 6.07) is 10.8. The molecule has 154 valence electrons. The Morgan fingerprint density at radius 2 is 1.83 bits per heavy atom. The molecule has 0 aliphatic heterocycles. The number of H-pyrrole nitrogens is 1. The molecule has 1 amide bonds. The SMILES string of the molecule is Cc1ccc([N+](=O)[O-])cc1NC(=O)COC(=O)c1ccc(-c2nc(C)c(C)[nH]2)cc1. The second kappa shape index (κ2) is 8.56. The number of ether oxygens (including phenoxy) is 1. The van der Waals surface area contributed by atoms with Crippen molar-refractivity contribution in [1.82, 2.24) is 9.97 Å². The van der Waals surface area contributed by atoms with E-state index in [-0.39, 0.29) is 11.3 Å². The standard InChI is InChI=1S/C21H20N4O5/c1-12-4-9-17(25(28)29)10-18(12)24-19(26)11-30-21(27)16-7-5-15(6-8-16)20-22-13(2)14(3)23-20/h4-10H,11H2,1-3H3,(H,22,23)(H,24,26). The van der Waals surface area contributed by atoms with Crippen LogP contribution in [0.3, 0.4) is 0 Å². The van der Waals surface area contributed by atoms with Crippen LogP contribution in [0.15, 0.2) is 42.5 Å². The van der Waals surface area contributed by atoms with Crippen LogP contribution in [0.1, 0.15) is 27.3 Å². The van der Waals surface area contributed by atoms with Crippen molar-refractivity contribution in [2.24, 2.45) is 0 Å². The number of amides is 1. The number of nitro benzene ring substituents is 1. The predicted molar refractivity (Wildman–Crippen MR) is 110 cm³/mol. The zero-order valence-electron chi connectivity index (χ0n) is 16.7. The van der Waals surface area contributed by atoms with E-state index < -0.39 is 23.4 Å². The van der Waals surface area contributed by atoms with Crippen LogP contribution < -0.4 is 5.32 Å². The summed E-state index contributed by atoms with van der Waals surface area (Å²) < 4.78 is 5.04. The van der Waals surface area contributed by atoms with Gasteiger partial charge in [-0.2, -0.15) is 0 Å². The number of aromatic nitrogens is 2. The van der Waals surface area contributed by atoms with Crippen molar-refractivity contribution in [3.63, 3.8) is 0 Å². The van der Waals surface area contributed by atoms with Gasteiger partial charge in [0, 0.05) is 23.4 Å². The van der Waals surface area contributed by atoms with E-state index in [1.165, 1.54) is 18.2 Å². The summed E-state index contributed by atoms with van der Waals surface area (Å²) in [5, 5.41) is 13.4. The quantitative estimate of drug-likeness (QED) is 0.364. The van der Waals surface area contributed by atoms with Crippen molar-refractivity contribution in [3.8, 4) is 11.4 Å². The first kappa shape index (κ1) is 20.7. The van der Waals surface area contributed by atoms with E-state index in [0.717, 1.165) is 17.0 Å².